The summed E-state index contributed by atoms with van der Waals surface area (Å²) in [6, 6.07) is 6.28. The number of carbonyl (C=O) groups is 1. The molecule has 3 heterocycles. The fraction of sp³-hybridized carbons (Fsp3) is 0.500. The molecule has 2 aliphatic heterocycles. The Labute approximate surface area is 165 Å². The molecule has 0 aliphatic carbocycles. The molecule has 150 valence electrons. The molecule has 2 aromatic rings. The summed E-state index contributed by atoms with van der Waals surface area (Å²) in [6.07, 6.45) is 4.13. The summed E-state index contributed by atoms with van der Waals surface area (Å²) in [7, 11) is 3.22. The standard InChI is InChI=1S/C22H28N2O4/c1-4-13-11-24-9-8-14-20-17(6-5-7-19(20)28-3)23-21(14)18(24)10-15(13)16(12-27-2)22(25)26/h5-7,12-13,15,18,23H,4,8-11H2,1-3H3,(H,25,26)/b16-12-/t13-,15+,18+/m1/s1. The number of piperidine rings is 1. The van der Waals surface area contributed by atoms with Crippen molar-refractivity contribution in [2.75, 3.05) is 27.3 Å². The minimum Gasteiger partial charge on any atom is -0.504 e. The van der Waals surface area contributed by atoms with Crippen molar-refractivity contribution in [3.63, 3.8) is 0 Å². The number of hydrogen-bond acceptors (Lipinski definition) is 4. The maximum atomic E-state index is 11.9. The molecule has 1 fully saturated rings. The summed E-state index contributed by atoms with van der Waals surface area (Å²) in [6.45, 7) is 4.04. The van der Waals surface area contributed by atoms with Crippen LogP contribution < -0.4 is 4.74 Å². The van der Waals surface area contributed by atoms with Gasteiger partial charge in [-0.15, -0.1) is 0 Å². The normalized spacial score (nSPS) is 25.2. The fourth-order valence-corrected chi connectivity index (χ4v) is 5.17. The van der Waals surface area contributed by atoms with E-state index in [4.69, 9.17) is 9.47 Å². The zero-order chi connectivity index (χ0) is 19.8. The van der Waals surface area contributed by atoms with Crippen molar-refractivity contribution in [2.45, 2.75) is 32.2 Å². The average molecular weight is 384 g/mol. The van der Waals surface area contributed by atoms with Crippen molar-refractivity contribution in [3.05, 3.63) is 41.3 Å². The van der Waals surface area contributed by atoms with Gasteiger partial charge in [0.25, 0.3) is 0 Å². The molecule has 28 heavy (non-hydrogen) atoms. The number of ether oxygens (including phenoxy) is 2. The van der Waals surface area contributed by atoms with E-state index in [1.807, 2.05) is 12.1 Å². The van der Waals surface area contributed by atoms with Crippen LogP contribution in [0.25, 0.3) is 10.9 Å². The van der Waals surface area contributed by atoms with Gasteiger partial charge in [-0.1, -0.05) is 19.4 Å². The van der Waals surface area contributed by atoms with Crippen LogP contribution in [-0.4, -0.2) is 48.3 Å². The lowest BCUT2D eigenvalue weighted by Gasteiger charge is -2.46. The van der Waals surface area contributed by atoms with E-state index >= 15 is 0 Å². The van der Waals surface area contributed by atoms with Crippen molar-refractivity contribution in [3.8, 4) is 5.75 Å². The highest BCUT2D eigenvalue weighted by atomic mass is 16.5. The zero-order valence-corrected chi connectivity index (χ0v) is 16.7. The number of aliphatic carboxylic acids is 1. The first kappa shape index (κ1) is 18.9. The number of fused-ring (bicyclic) bond motifs is 5. The number of aromatic amines is 1. The Bertz CT molecular complexity index is 917. The van der Waals surface area contributed by atoms with Crippen LogP contribution in [0.15, 0.2) is 30.0 Å². The summed E-state index contributed by atoms with van der Waals surface area (Å²) in [5, 5.41) is 10.9. The Morgan fingerprint density at radius 3 is 2.89 bits per heavy atom. The molecule has 1 saturated heterocycles. The monoisotopic (exact) mass is 384 g/mol. The van der Waals surface area contributed by atoms with Gasteiger partial charge in [0, 0.05) is 29.7 Å². The lowest BCUT2D eigenvalue weighted by molar-refractivity contribution is -0.134. The van der Waals surface area contributed by atoms with Crippen LogP contribution >= 0.6 is 0 Å². The lowest BCUT2D eigenvalue weighted by Crippen LogP contribution is -2.46. The van der Waals surface area contributed by atoms with Gasteiger partial charge in [-0.2, -0.15) is 0 Å². The summed E-state index contributed by atoms with van der Waals surface area (Å²) in [5.74, 6) is 0.304. The molecule has 0 amide bonds. The molecule has 6 heteroatoms. The molecule has 0 spiro atoms. The van der Waals surface area contributed by atoms with Gasteiger partial charge < -0.3 is 19.6 Å². The minimum atomic E-state index is -0.881. The van der Waals surface area contributed by atoms with Gasteiger partial charge in [0.05, 0.1) is 32.1 Å². The van der Waals surface area contributed by atoms with Crippen molar-refractivity contribution in [1.82, 2.24) is 9.88 Å². The van der Waals surface area contributed by atoms with Crippen molar-refractivity contribution < 1.29 is 19.4 Å². The first-order valence-electron chi connectivity index (χ1n) is 9.96. The first-order chi connectivity index (χ1) is 13.6. The third kappa shape index (κ3) is 2.96. The second-order valence-corrected chi connectivity index (χ2v) is 7.79. The summed E-state index contributed by atoms with van der Waals surface area (Å²) < 4.78 is 10.7. The Balaban J connectivity index is 1.77. The Hall–Kier alpha value is -2.47. The number of aromatic nitrogens is 1. The predicted molar refractivity (Wildman–Crippen MR) is 107 cm³/mol. The van der Waals surface area contributed by atoms with Crippen molar-refractivity contribution in [1.29, 1.82) is 0 Å². The largest absolute Gasteiger partial charge is 0.504 e. The maximum absolute atomic E-state index is 11.9. The van der Waals surface area contributed by atoms with Crippen LogP contribution in [0, 0.1) is 11.8 Å². The smallest absolute Gasteiger partial charge is 0.334 e. The van der Waals surface area contributed by atoms with Gasteiger partial charge in [-0.05, 0) is 42.4 Å². The molecular weight excluding hydrogens is 356 g/mol. The van der Waals surface area contributed by atoms with E-state index in [-0.39, 0.29) is 12.0 Å². The number of carboxylic acids is 1. The van der Waals surface area contributed by atoms with Gasteiger partial charge in [-0.3, -0.25) is 4.90 Å². The van der Waals surface area contributed by atoms with Gasteiger partial charge >= 0.3 is 5.97 Å². The van der Waals surface area contributed by atoms with Crippen LogP contribution in [0.2, 0.25) is 0 Å². The Kier molecular flexibility index (Phi) is 5.06. The first-order valence-corrected chi connectivity index (χ1v) is 9.96. The second-order valence-electron chi connectivity index (χ2n) is 7.79. The van der Waals surface area contributed by atoms with Gasteiger partial charge in [0.1, 0.15) is 5.75 Å². The minimum absolute atomic E-state index is 0.0250. The second kappa shape index (κ2) is 7.51. The fourth-order valence-electron chi connectivity index (χ4n) is 5.17. The van der Waals surface area contributed by atoms with E-state index in [0.29, 0.717) is 11.5 Å². The topological polar surface area (TPSA) is 74.8 Å². The number of methoxy groups -OCH3 is 2. The SMILES string of the molecule is CC[C@@H]1CN2CCc3c([nH]c4cccc(OC)c34)[C@@H]2C[C@@H]1/C(=C/OC)C(=O)O. The van der Waals surface area contributed by atoms with Crippen LogP contribution in [0.5, 0.6) is 5.75 Å². The van der Waals surface area contributed by atoms with E-state index in [0.717, 1.165) is 43.6 Å². The molecular formula is C22H28N2O4. The number of nitrogens with zero attached hydrogens (tertiary/aromatic N) is 1. The number of H-pyrrole nitrogens is 1. The van der Waals surface area contributed by atoms with Crippen molar-refractivity contribution in [2.24, 2.45) is 11.8 Å². The molecule has 0 unspecified atom stereocenters. The number of benzene rings is 1. The Morgan fingerprint density at radius 2 is 2.21 bits per heavy atom. The Morgan fingerprint density at radius 1 is 1.39 bits per heavy atom. The van der Waals surface area contributed by atoms with E-state index in [9.17, 15) is 9.90 Å². The number of carboxylic acid groups (broad SMARTS) is 1. The average Bonchev–Trinajstić information content (AvgIpc) is 3.10. The molecule has 3 atom stereocenters. The lowest BCUT2D eigenvalue weighted by atomic mass is 9.74. The highest BCUT2D eigenvalue weighted by Crippen LogP contribution is 2.46. The van der Waals surface area contributed by atoms with Crippen molar-refractivity contribution >= 4 is 16.9 Å². The highest BCUT2D eigenvalue weighted by molar-refractivity contribution is 5.91. The molecule has 4 rings (SSSR count). The molecule has 2 N–H and O–H groups in total. The van der Waals surface area contributed by atoms with E-state index in [1.165, 1.54) is 30.0 Å². The molecule has 1 aromatic heterocycles. The van der Waals surface area contributed by atoms with E-state index in [2.05, 4.69) is 22.9 Å². The number of rotatable bonds is 5. The van der Waals surface area contributed by atoms with Crippen LogP contribution in [-0.2, 0) is 16.0 Å². The third-order valence-corrected chi connectivity index (χ3v) is 6.50. The molecule has 6 nitrogen and oxygen atoms in total. The van der Waals surface area contributed by atoms with Crippen LogP contribution in [0.4, 0.5) is 0 Å². The van der Waals surface area contributed by atoms with Gasteiger partial charge in [-0.25, -0.2) is 4.79 Å². The molecule has 1 aromatic carbocycles. The maximum Gasteiger partial charge on any atom is 0.334 e. The summed E-state index contributed by atoms with van der Waals surface area (Å²) >= 11 is 0. The van der Waals surface area contributed by atoms with Gasteiger partial charge in [0.2, 0.25) is 0 Å². The summed E-state index contributed by atoms with van der Waals surface area (Å²) in [4.78, 5) is 18.0. The zero-order valence-electron chi connectivity index (χ0n) is 16.7. The van der Waals surface area contributed by atoms with E-state index < -0.39 is 5.97 Å². The van der Waals surface area contributed by atoms with Crippen LogP contribution in [0.3, 0.4) is 0 Å². The number of hydrogen-bond donors (Lipinski definition) is 2. The van der Waals surface area contributed by atoms with Crippen LogP contribution in [0.1, 0.15) is 37.1 Å². The molecule has 0 radical (unpaired) electrons. The molecule has 2 aliphatic rings. The quantitative estimate of drug-likeness (QED) is 0.607. The number of nitrogens with one attached hydrogen (secondary N) is 1. The summed E-state index contributed by atoms with van der Waals surface area (Å²) in [5.41, 5.74) is 4.00. The highest BCUT2D eigenvalue weighted by Gasteiger charge is 2.42. The third-order valence-electron chi connectivity index (χ3n) is 6.50. The molecule has 0 bridgehead atoms. The van der Waals surface area contributed by atoms with Gasteiger partial charge in [0.15, 0.2) is 0 Å². The molecule has 0 saturated carbocycles. The predicted octanol–water partition coefficient (Wildman–Crippen LogP) is 3.74. The van der Waals surface area contributed by atoms with E-state index in [1.54, 1.807) is 7.11 Å².